The second kappa shape index (κ2) is 9.51. The summed E-state index contributed by atoms with van der Waals surface area (Å²) in [5, 5.41) is 3.45. The lowest BCUT2D eigenvalue weighted by atomic mass is 9.96. The Morgan fingerprint density at radius 1 is 1.00 bits per heavy atom. The molecule has 1 N–H and O–H groups in total. The zero-order valence-corrected chi connectivity index (χ0v) is 14.2. The maximum Gasteiger partial charge on any atom is 0.0720 e. The highest BCUT2D eigenvalue weighted by atomic mass is 35.5. The van der Waals surface area contributed by atoms with E-state index in [0.29, 0.717) is 6.10 Å². The van der Waals surface area contributed by atoms with Gasteiger partial charge in [-0.25, -0.2) is 0 Å². The molecule has 0 atom stereocenters. The summed E-state index contributed by atoms with van der Waals surface area (Å²) < 4.78 is 6.07. The van der Waals surface area contributed by atoms with Gasteiger partial charge in [0.15, 0.2) is 0 Å². The fourth-order valence-corrected chi connectivity index (χ4v) is 3.48. The fourth-order valence-electron chi connectivity index (χ4n) is 3.48. The quantitative estimate of drug-likeness (QED) is 0.900. The molecular formula is C18H29ClN2O. The van der Waals surface area contributed by atoms with E-state index in [0.717, 1.165) is 12.5 Å². The SMILES string of the molecule is Cl.c1ccc(COC2CCN(CC3CCNCC3)CC2)cc1. The van der Waals surface area contributed by atoms with E-state index < -0.39 is 0 Å². The normalized spacial score (nSPS) is 21.5. The Bertz CT molecular complexity index is 401. The molecule has 2 fully saturated rings. The van der Waals surface area contributed by atoms with Crippen molar-refractivity contribution in [2.75, 3.05) is 32.7 Å². The van der Waals surface area contributed by atoms with Gasteiger partial charge in [-0.1, -0.05) is 30.3 Å². The van der Waals surface area contributed by atoms with Crippen molar-refractivity contribution in [3.05, 3.63) is 35.9 Å². The molecule has 2 saturated heterocycles. The second-order valence-corrected chi connectivity index (χ2v) is 6.49. The number of hydrogen-bond donors (Lipinski definition) is 1. The van der Waals surface area contributed by atoms with Crippen LogP contribution in [0.2, 0.25) is 0 Å². The van der Waals surface area contributed by atoms with Crippen LogP contribution in [0.15, 0.2) is 30.3 Å². The lowest BCUT2D eigenvalue weighted by molar-refractivity contribution is -0.00579. The molecule has 3 nitrogen and oxygen atoms in total. The van der Waals surface area contributed by atoms with E-state index in [4.69, 9.17) is 4.74 Å². The van der Waals surface area contributed by atoms with Gasteiger partial charge in [0.05, 0.1) is 12.7 Å². The van der Waals surface area contributed by atoms with E-state index >= 15 is 0 Å². The molecule has 1 aromatic rings. The predicted octanol–water partition coefficient (Wildman–Crippen LogP) is 3.09. The summed E-state index contributed by atoms with van der Waals surface area (Å²) >= 11 is 0. The molecule has 0 bridgehead atoms. The van der Waals surface area contributed by atoms with Gasteiger partial charge in [0.25, 0.3) is 0 Å². The van der Waals surface area contributed by atoms with Crippen LogP contribution in [0.3, 0.4) is 0 Å². The van der Waals surface area contributed by atoms with Crippen LogP contribution in [-0.4, -0.2) is 43.7 Å². The molecule has 0 aliphatic carbocycles. The molecule has 0 saturated carbocycles. The van der Waals surface area contributed by atoms with E-state index in [9.17, 15) is 0 Å². The van der Waals surface area contributed by atoms with Gasteiger partial charge in [-0.15, -0.1) is 12.4 Å². The van der Waals surface area contributed by atoms with Crippen LogP contribution in [0.1, 0.15) is 31.2 Å². The summed E-state index contributed by atoms with van der Waals surface area (Å²) in [6.45, 7) is 6.91. The van der Waals surface area contributed by atoms with Crippen LogP contribution in [0.5, 0.6) is 0 Å². The Hall–Kier alpha value is -0.610. The molecule has 1 aromatic carbocycles. The Kier molecular flexibility index (Phi) is 7.67. The number of nitrogens with zero attached hydrogens (tertiary/aromatic N) is 1. The predicted molar refractivity (Wildman–Crippen MR) is 93.5 cm³/mol. The minimum Gasteiger partial charge on any atom is -0.373 e. The van der Waals surface area contributed by atoms with Crippen molar-refractivity contribution >= 4 is 12.4 Å². The lowest BCUT2D eigenvalue weighted by Gasteiger charge is -2.35. The Balaban J connectivity index is 0.00000176. The number of nitrogens with one attached hydrogen (secondary N) is 1. The standard InChI is InChI=1S/C18H28N2O.ClH/c1-2-4-17(5-3-1)15-21-18-8-12-20(13-9-18)14-16-6-10-19-11-7-16;/h1-5,16,18-19H,6-15H2;1H. The zero-order chi connectivity index (χ0) is 14.3. The summed E-state index contributed by atoms with van der Waals surface area (Å²) in [5.74, 6) is 0.910. The number of halogens is 1. The third-order valence-electron chi connectivity index (χ3n) is 4.84. The Morgan fingerprint density at radius 3 is 2.36 bits per heavy atom. The smallest absolute Gasteiger partial charge is 0.0720 e. The van der Waals surface area contributed by atoms with E-state index in [-0.39, 0.29) is 12.4 Å². The molecule has 124 valence electrons. The molecule has 2 aliphatic rings. The average molecular weight is 325 g/mol. The van der Waals surface area contributed by atoms with E-state index in [1.54, 1.807) is 0 Å². The lowest BCUT2D eigenvalue weighted by Crippen LogP contribution is -2.41. The van der Waals surface area contributed by atoms with Gasteiger partial charge in [-0.05, 0) is 50.3 Å². The van der Waals surface area contributed by atoms with Gasteiger partial charge in [0.2, 0.25) is 0 Å². The van der Waals surface area contributed by atoms with Crippen molar-refractivity contribution in [3.63, 3.8) is 0 Å². The largest absolute Gasteiger partial charge is 0.373 e. The summed E-state index contributed by atoms with van der Waals surface area (Å²) in [6, 6.07) is 10.5. The number of likely N-dealkylation sites (tertiary alicyclic amines) is 1. The molecule has 0 aromatic heterocycles. The van der Waals surface area contributed by atoms with Crippen molar-refractivity contribution < 1.29 is 4.74 Å². The number of rotatable bonds is 5. The maximum atomic E-state index is 6.07. The molecule has 0 radical (unpaired) electrons. The summed E-state index contributed by atoms with van der Waals surface area (Å²) in [4.78, 5) is 2.65. The van der Waals surface area contributed by atoms with Crippen molar-refractivity contribution in [2.45, 2.75) is 38.4 Å². The second-order valence-electron chi connectivity index (χ2n) is 6.49. The molecule has 0 amide bonds. The number of ether oxygens (including phenoxy) is 1. The number of piperidine rings is 2. The topological polar surface area (TPSA) is 24.5 Å². The molecule has 0 unspecified atom stereocenters. The Labute approximate surface area is 140 Å². The van der Waals surface area contributed by atoms with Crippen molar-refractivity contribution in [1.29, 1.82) is 0 Å². The van der Waals surface area contributed by atoms with Gasteiger partial charge in [-0.2, -0.15) is 0 Å². The first-order valence-corrected chi connectivity index (χ1v) is 8.49. The molecule has 2 heterocycles. The first-order valence-electron chi connectivity index (χ1n) is 8.49. The van der Waals surface area contributed by atoms with Crippen LogP contribution in [0.25, 0.3) is 0 Å². The van der Waals surface area contributed by atoms with Gasteiger partial charge in [0.1, 0.15) is 0 Å². The minimum atomic E-state index is 0. The van der Waals surface area contributed by atoms with Crippen molar-refractivity contribution in [2.24, 2.45) is 5.92 Å². The van der Waals surface area contributed by atoms with Crippen LogP contribution in [-0.2, 0) is 11.3 Å². The van der Waals surface area contributed by atoms with Crippen LogP contribution in [0.4, 0.5) is 0 Å². The number of benzene rings is 1. The molecule has 0 spiro atoms. The molecule has 4 heteroatoms. The summed E-state index contributed by atoms with van der Waals surface area (Å²) in [6.07, 6.45) is 5.54. The van der Waals surface area contributed by atoms with Crippen LogP contribution in [0, 0.1) is 5.92 Å². The maximum absolute atomic E-state index is 6.07. The van der Waals surface area contributed by atoms with Gasteiger partial charge < -0.3 is 15.0 Å². The van der Waals surface area contributed by atoms with Crippen molar-refractivity contribution in [3.8, 4) is 0 Å². The highest BCUT2D eigenvalue weighted by Gasteiger charge is 2.22. The highest BCUT2D eigenvalue weighted by Crippen LogP contribution is 2.19. The fraction of sp³-hybridized carbons (Fsp3) is 0.667. The van der Waals surface area contributed by atoms with E-state index in [1.165, 1.54) is 64.0 Å². The van der Waals surface area contributed by atoms with E-state index in [1.807, 2.05) is 0 Å². The summed E-state index contributed by atoms with van der Waals surface area (Å²) in [5.41, 5.74) is 1.29. The third kappa shape index (κ3) is 5.54. The average Bonchev–Trinajstić information content (AvgIpc) is 2.56. The first kappa shape index (κ1) is 17.7. The van der Waals surface area contributed by atoms with Crippen molar-refractivity contribution in [1.82, 2.24) is 10.2 Å². The highest BCUT2D eigenvalue weighted by molar-refractivity contribution is 5.85. The van der Waals surface area contributed by atoms with Gasteiger partial charge >= 0.3 is 0 Å². The molecule has 2 aliphatic heterocycles. The van der Waals surface area contributed by atoms with Gasteiger partial charge in [-0.3, -0.25) is 0 Å². The molecular weight excluding hydrogens is 296 g/mol. The Morgan fingerprint density at radius 2 is 1.68 bits per heavy atom. The van der Waals surface area contributed by atoms with Gasteiger partial charge in [0, 0.05) is 19.6 Å². The van der Waals surface area contributed by atoms with E-state index in [2.05, 4.69) is 40.5 Å². The number of hydrogen-bond acceptors (Lipinski definition) is 3. The third-order valence-corrected chi connectivity index (χ3v) is 4.84. The molecule has 3 rings (SSSR count). The first-order chi connectivity index (χ1) is 10.4. The minimum absolute atomic E-state index is 0. The molecule has 22 heavy (non-hydrogen) atoms. The van der Waals surface area contributed by atoms with Crippen LogP contribution >= 0.6 is 12.4 Å². The summed E-state index contributed by atoms with van der Waals surface area (Å²) in [7, 11) is 0. The van der Waals surface area contributed by atoms with Crippen LogP contribution < -0.4 is 5.32 Å². The zero-order valence-electron chi connectivity index (χ0n) is 13.4. The monoisotopic (exact) mass is 324 g/mol.